The monoisotopic (exact) mass is 671 g/mol. The summed E-state index contributed by atoms with van der Waals surface area (Å²) in [5.74, 6) is -2.07. The standard InChI is InChI=1S/C32H22BrN3O5S2/c33-18-13-14-23(41-16-24(37)34-22-12-6-8-17-7-4-5-11-20(17)22)21(15-18)25-26-28(42-29-27(25)43-32(40)35-29)31(39)36(30(26)38)19-9-2-1-3-10-19/h1-15,25-26,28H,16H2,(H,34,37)(H,35,40). The van der Waals surface area contributed by atoms with Gasteiger partial charge in [0, 0.05) is 31.9 Å². The second-order valence-electron chi connectivity index (χ2n) is 10.1. The zero-order valence-electron chi connectivity index (χ0n) is 22.3. The van der Waals surface area contributed by atoms with E-state index in [0.717, 1.165) is 26.6 Å². The van der Waals surface area contributed by atoms with E-state index in [1.807, 2.05) is 54.6 Å². The third-order valence-electron chi connectivity index (χ3n) is 7.57. The smallest absolute Gasteiger partial charge is 0.305 e. The highest BCUT2D eigenvalue weighted by Crippen LogP contribution is 2.54. The summed E-state index contributed by atoms with van der Waals surface area (Å²) in [6.45, 7) is -0.285. The van der Waals surface area contributed by atoms with Crippen molar-refractivity contribution in [2.45, 2.75) is 16.2 Å². The number of hydrogen-bond acceptors (Lipinski definition) is 7. The van der Waals surface area contributed by atoms with Crippen LogP contribution in [0.2, 0.25) is 0 Å². The number of aromatic amines is 1. The maximum Gasteiger partial charge on any atom is 0.305 e. The molecule has 4 aromatic carbocycles. The Balaban J connectivity index is 1.23. The summed E-state index contributed by atoms with van der Waals surface area (Å²) < 4.78 is 6.83. The highest BCUT2D eigenvalue weighted by atomic mass is 79.9. The van der Waals surface area contributed by atoms with Gasteiger partial charge in [-0.15, -0.1) is 0 Å². The van der Waals surface area contributed by atoms with E-state index < -0.39 is 17.1 Å². The van der Waals surface area contributed by atoms with Crippen LogP contribution in [-0.2, 0) is 14.4 Å². The predicted molar refractivity (Wildman–Crippen MR) is 171 cm³/mol. The zero-order chi connectivity index (χ0) is 29.7. The van der Waals surface area contributed by atoms with Gasteiger partial charge in [0.05, 0.1) is 16.6 Å². The van der Waals surface area contributed by atoms with Gasteiger partial charge in [0.1, 0.15) is 11.0 Å². The number of hydrogen-bond donors (Lipinski definition) is 2. The van der Waals surface area contributed by atoms with Crippen molar-refractivity contribution >= 4 is 78.9 Å². The lowest BCUT2D eigenvalue weighted by atomic mass is 9.82. The molecule has 3 atom stereocenters. The molecule has 2 aliphatic rings. The maximum atomic E-state index is 14.0. The van der Waals surface area contributed by atoms with Gasteiger partial charge in [-0.05, 0) is 41.8 Å². The lowest BCUT2D eigenvalue weighted by molar-refractivity contribution is -0.122. The highest BCUT2D eigenvalue weighted by Gasteiger charge is 2.56. The Morgan fingerprint density at radius 3 is 2.53 bits per heavy atom. The Labute approximate surface area is 262 Å². The molecule has 2 N–H and O–H groups in total. The van der Waals surface area contributed by atoms with E-state index >= 15 is 0 Å². The second-order valence-corrected chi connectivity index (χ2v) is 13.2. The SMILES string of the molecule is O=C(COc1ccc(Br)cc1C1c2sc(=O)[nH]c2SC2C(=O)N(c3ccccc3)C(=O)C21)Nc1cccc2ccccc12. The van der Waals surface area contributed by atoms with E-state index in [1.54, 1.807) is 36.4 Å². The Hall–Kier alpha value is -4.19. The number of carbonyl (C=O) groups is 3. The topological polar surface area (TPSA) is 109 Å². The molecule has 1 aromatic heterocycles. The number of nitrogens with zero attached hydrogens (tertiary/aromatic N) is 1. The molecule has 0 spiro atoms. The molecule has 0 saturated carbocycles. The molecule has 43 heavy (non-hydrogen) atoms. The number of carbonyl (C=O) groups excluding carboxylic acids is 3. The summed E-state index contributed by atoms with van der Waals surface area (Å²) in [5.41, 5.74) is 1.78. The number of thiazole rings is 1. The summed E-state index contributed by atoms with van der Waals surface area (Å²) in [4.78, 5) is 57.8. The fraction of sp³-hybridized carbons (Fsp3) is 0.125. The van der Waals surface area contributed by atoms with Crippen molar-refractivity contribution in [2.24, 2.45) is 5.92 Å². The van der Waals surface area contributed by atoms with Crippen LogP contribution in [-0.4, -0.2) is 34.6 Å². The number of para-hydroxylation sites is 1. The third-order valence-corrected chi connectivity index (χ3v) is 10.5. The summed E-state index contributed by atoms with van der Waals surface area (Å²) in [5, 5.41) is 4.68. The van der Waals surface area contributed by atoms with Gasteiger partial charge in [0.15, 0.2) is 6.61 Å². The van der Waals surface area contributed by atoms with Gasteiger partial charge in [0.25, 0.3) is 5.91 Å². The van der Waals surface area contributed by atoms with Crippen LogP contribution in [0.3, 0.4) is 0 Å². The number of benzene rings is 4. The molecule has 3 unspecified atom stereocenters. The van der Waals surface area contributed by atoms with Gasteiger partial charge in [-0.3, -0.25) is 19.2 Å². The zero-order valence-corrected chi connectivity index (χ0v) is 25.5. The second kappa shape index (κ2) is 11.1. The Kier molecular flexibility index (Phi) is 7.16. The number of ether oxygens (including phenoxy) is 1. The number of aromatic nitrogens is 1. The molecular formula is C32H22BrN3O5S2. The molecule has 5 aromatic rings. The minimum Gasteiger partial charge on any atom is -0.483 e. The summed E-state index contributed by atoms with van der Waals surface area (Å²) in [7, 11) is 0. The fourth-order valence-electron chi connectivity index (χ4n) is 5.74. The largest absolute Gasteiger partial charge is 0.483 e. The van der Waals surface area contributed by atoms with E-state index in [4.69, 9.17) is 4.74 Å². The third kappa shape index (κ3) is 4.97. The first-order valence-electron chi connectivity index (χ1n) is 13.4. The quantitative estimate of drug-likeness (QED) is 0.209. The van der Waals surface area contributed by atoms with Gasteiger partial charge in [0.2, 0.25) is 11.8 Å². The molecular weight excluding hydrogens is 650 g/mol. The molecule has 3 amide bonds. The number of imide groups is 1. The van der Waals surface area contributed by atoms with Crippen molar-refractivity contribution in [3.05, 3.63) is 116 Å². The molecule has 0 aliphatic carbocycles. The number of anilines is 2. The van der Waals surface area contributed by atoms with Crippen LogP contribution in [0.5, 0.6) is 5.75 Å². The van der Waals surface area contributed by atoms with Gasteiger partial charge in [-0.2, -0.15) is 0 Å². The summed E-state index contributed by atoms with van der Waals surface area (Å²) in [6.07, 6.45) is 0. The number of rotatable bonds is 6. The van der Waals surface area contributed by atoms with Gasteiger partial charge in [-0.25, -0.2) is 4.90 Å². The number of H-pyrrole nitrogens is 1. The molecule has 0 radical (unpaired) electrons. The highest BCUT2D eigenvalue weighted by molar-refractivity contribution is 9.10. The van der Waals surface area contributed by atoms with Crippen molar-refractivity contribution in [3.8, 4) is 5.75 Å². The molecule has 8 nitrogen and oxygen atoms in total. The van der Waals surface area contributed by atoms with Gasteiger partial charge in [-0.1, -0.05) is 93.6 Å². The first kappa shape index (κ1) is 27.6. The minimum atomic E-state index is -0.780. The molecule has 3 heterocycles. The van der Waals surface area contributed by atoms with Gasteiger partial charge < -0.3 is 15.0 Å². The Morgan fingerprint density at radius 1 is 0.930 bits per heavy atom. The van der Waals surface area contributed by atoms with E-state index in [-0.39, 0.29) is 29.2 Å². The van der Waals surface area contributed by atoms with Crippen LogP contribution in [0.4, 0.5) is 11.4 Å². The van der Waals surface area contributed by atoms with E-state index in [9.17, 15) is 19.2 Å². The van der Waals surface area contributed by atoms with Crippen LogP contribution in [0.1, 0.15) is 16.4 Å². The Morgan fingerprint density at radius 2 is 1.70 bits per heavy atom. The molecule has 1 saturated heterocycles. The molecule has 214 valence electrons. The average Bonchev–Trinajstić information content (AvgIpc) is 3.51. The van der Waals surface area contributed by atoms with Crippen LogP contribution in [0.25, 0.3) is 10.8 Å². The van der Waals surface area contributed by atoms with Crippen LogP contribution < -0.4 is 19.8 Å². The summed E-state index contributed by atoms with van der Waals surface area (Å²) in [6, 6.07) is 27.6. The lowest BCUT2D eigenvalue weighted by Crippen LogP contribution is -2.32. The molecule has 1 fully saturated rings. The average molecular weight is 673 g/mol. The number of fused-ring (bicyclic) bond motifs is 3. The minimum absolute atomic E-state index is 0.269. The first-order chi connectivity index (χ1) is 20.9. The lowest BCUT2D eigenvalue weighted by Gasteiger charge is -2.31. The van der Waals surface area contributed by atoms with Crippen molar-refractivity contribution in [2.75, 3.05) is 16.8 Å². The van der Waals surface area contributed by atoms with E-state index in [2.05, 4.69) is 26.2 Å². The number of nitrogens with one attached hydrogen (secondary N) is 2. The number of halogens is 1. The fourth-order valence-corrected chi connectivity index (χ4v) is 8.63. The first-order valence-corrected chi connectivity index (χ1v) is 15.9. The van der Waals surface area contributed by atoms with Crippen molar-refractivity contribution in [1.82, 2.24) is 4.98 Å². The number of thioether (sulfide) groups is 1. The predicted octanol–water partition coefficient (Wildman–Crippen LogP) is 6.17. The normalized spacial score (nSPS) is 19.3. The molecule has 7 rings (SSSR count). The van der Waals surface area contributed by atoms with Crippen LogP contribution in [0, 0.1) is 5.92 Å². The molecule has 2 aliphatic heterocycles. The molecule has 0 bridgehead atoms. The summed E-state index contributed by atoms with van der Waals surface area (Å²) >= 11 is 5.77. The van der Waals surface area contributed by atoms with Crippen LogP contribution in [0.15, 0.2) is 105 Å². The van der Waals surface area contributed by atoms with Crippen molar-refractivity contribution in [3.63, 3.8) is 0 Å². The van der Waals surface area contributed by atoms with E-state index in [1.165, 1.54) is 16.7 Å². The van der Waals surface area contributed by atoms with Gasteiger partial charge >= 0.3 is 4.87 Å². The van der Waals surface area contributed by atoms with E-state index in [0.29, 0.717) is 32.6 Å². The van der Waals surface area contributed by atoms with Crippen molar-refractivity contribution in [1.29, 1.82) is 0 Å². The Bertz CT molecular complexity index is 1970. The number of amides is 3. The maximum absolute atomic E-state index is 14.0. The van der Waals surface area contributed by atoms with Crippen LogP contribution >= 0.6 is 39.0 Å². The molecule has 11 heteroatoms. The van der Waals surface area contributed by atoms with Crippen molar-refractivity contribution < 1.29 is 19.1 Å².